The molecule has 1 aliphatic rings. The lowest BCUT2D eigenvalue weighted by Gasteiger charge is -1.94. The van der Waals surface area contributed by atoms with Crippen molar-refractivity contribution in [3.63, 3.8) is 0 Å². The minimum Gasteiger partial charge on any atom is -0.389 e. The molecular formula is C11H7BrO3. The molecule has 15 heavy (non-hydrogen) atoms. The number of esters is 2. The van der Waals surface area contributed by atoms with E-state index in [0.717, 1.165) is 10.0 Å². The standard InChI is InChI=1S/C11H7BrO3/c12-9-3-1-7(2-4-9)5-8-6-10(13)15-11(8)14/h1-5H,6H2/b8-5+. The molecule has 4 heteroatoms. The maximum Gasteiger partial charge on any atom is 0.342 e. The van der Waals surface area contributed by atoms with Crippen LogP contribution in [0.4, 0.5) is 0 Å². The van der Waals surface area contributed by atoms with Gasteiger partial charge in [0.2, 0.25) is 0 Å². The second-order valence-electron chi connectivity index (χ2n) is 3.16. The van der Waals surface area contributed by atoms with E-state index >= 15 is 0 Å². The molecule has 0 radical (unpaired) electrons. The van der Waals surface area contributed by atoms with E-state index < -0.39 is 11.9 Å². The molecule has 0 unspecified atom stereocenters. The van der Waals surface area contributed by atoms with Crippen LogP contribution in [0.3, 0.4) is 0 Å². The van der Waals surface area contributed by atoms with E-state index in [1.54, 1.807) is 6.08 Å². The predicted molar refractivity (Wildman–Crippen MR) is 57.8 cm³/mol. The molecule has 1 aromatic carbocycles. The van der Waals surface area contributed by atoms with Crippen LogP contribution >= 0.6 is 15.9 Å². The fourth-order valence-electron chi connectivity index (χ4n) is 1.30. The topological polar surface area (TPSA) is 43.4 Å². The predicted octanol–water partition coefficient (Wildman–Crippen LogP) is 2.31. The van der Waals surface area contributed by atoms with Gasteiger partial charge in [-0.3, -0.25) is 4.79 Å². The zero-order valence-corrected chi connectivity index (χ0v) is 9.28. The Kier molecular flexibility index (Phi) is 2.68. The van der Waals surface area contributed by atoms with Gasteiger partial charge in [0.25, 0.3) is 0 Å². The van der Waals surface area contributed by atoms with Crippen molar-refractivity contribution in [3.05, 3.63) is 39.9 Å². The maximum atomic E-state index is 11.1. The molecule has 76 valence electrons. The summed E-state index contributed by atoms with van der Waals surface area (Å²) in [5.74, 6) is -1.02. The molecule has 1 saturated heterocycles. The third-order valence-corrected chi connectivity index (χ3v) is 2.54. The van der Waals surface area contributed by atoms with Gasteiger partial charge >= 0.3 is 11.9 Å². The average Bonchev–Trinajstić information content (AvgIpc) is 2.49. The van der Waals surface area contributed by atoms with Crippen LogP contribution in [0, 0.1) is 0 Å². The normalized spacial score (nSPS) is 18.3. The highest BCUT2D eigenvalue weighted by molar-refractivity contribution is 9.10. The molecule has 0 amide bonds. The van der Waals surface area contributed by atoms with E-state index in [1.807, 2.05) is 24.3 Å². The Morgan fingerprint density at radius 3 is 2.40 bits per heavy atom. The summed E-state index contributed by atoms with van der Waals surface area (Å²) < 4.78 is 5.38. The van der Waals surface area contributed by atoms with Crippen LogP contribution in [-0.2, 0) is 14.3 Å². The van der Waals surface area contributed by atoms with Crippen LogP contribution < -0.4 is 0 Å². The number of rotatable bonds is 1. The number of hydrogen-bond acceptors (Lipinski definition) is 3. The van der Waals surface area contributed by atoms with Crippen LogP contribution in [0.5, 0.6) is 0 Å². The van der Waals surface area contributed by atoms with Crippen LogP contribution in [0.25, 0.3) is 6.08 Å². The molecule has 0 N–H and O–H groups in total. The quantitative estimate of drug-likeness (QED) is 0.445. The van der Waals surface area contributed by atoms with Gasteiger partial charge < -0.3 is 4.74 Å². The van der Waals surface area contributed by atoms with Crippen molar-refractivity contribution in [3.8, 4) is 0 Å². The molecule has 0 aromatic heterocycles. The van der Waals surface area contributed by atoms with Gasteiger partial charge in [-0.25, -0.2) is 4.79 Å². The molecule has 0 saturated carbocycles. The molecule has 0 spiro atoms. The summed E-state index contributed by atoms with van der Waals surface area (Å²) in [4.78, 5) is 22.0. The van der Waals surface area contributed by atoms with Crippen molar-refractivity contribution in [2.24, 2.45) is 0 Å². The number of halogens is 1. The first-order valence-electron chi connectivity index (χ1n) is 4.36. The SMILES string of the molecule is O=C1C/C(=C\c2ccc(Br)cc2)C(=O)O1. The average molecular weight is 267 g/mol. The monoisotopic (exact) mass is 266 g/mol. The van der Waals surface area contributed by atoms with Gasteiger partial charge in [-0.2, -0.15) is 0 Å². The Morgan fingerprint density at radius 2 is 1.87 bits per heavy atom. The number of benzene rings is 1. The van der Waals surface area contributed by atoms with Crippen LogP contribution in [0.2, 0.25) is 0 Å². The van der Waals surface area contributed by atoms with E-state index in [-0.39, 0.29) is 6.42 Å². The first-order chi connectivity index (χ1) is 7.15. The molecule has 1 aromatic rings. The smallest absolute Gasteiger partial charge is 0.342 e. The highest BCUT2D eigenvalue weighted by atomic mass is 79.9. The van der Waals surface area contributed by atoms with Gasteiger partial charge in [0, 0.05) is 10.0 Å². The Bertz CT molecular complexity index is 445. The fraction of sp³-hybridized carbons (Fsp3) is 0.0909. The van der Waals surface area contributed by atoms with Crippen molar-refractivity contribution in [2.45, 2.75) is 6.42 Å². The number of cyclic esters (lactones) is 2. The highest BCUT2D eigenvalue weighted by Crippen LogP contribution is 2.19. The first kappa shape index (κ1) is 10.1. The van der Waals surface area contributed by atoms with Gasteiger partial charge in [0.05, 0.1) is 6.42 Å². The summed E-state index contributed by atoms with van der Waals surface area (Å²) in [6.45, 7) is 0. The van der Waals surface area contributed by atoms with Crippen LogP contribution in [0.15, 0.2) is 34.3 Å². The second-order valence-corrected chi connectivity index (χ2v) is 4.08. The molecule has 1 aliphatic heterocycles. The number of ether oxygens (including phenoxy) is 1. The highest BCUT2D eigenvalue weighted by Gasteiger charge is 2.26. The lowest BCUT2D eigenvalue weighted by Crippen LogP contribution is -1.96. The Hall–Kier alpha value is -1.42. The Balaban J connectivity index is 2.27. The number of hydrogen-bond donors (Lipinski definition) is 0. The zero-order chi connectivity index (χ0) is 10.8. The minimum atomic E-state index is -0.539. The molecule has 1 fully saturated rings. The third kappa shape index (κ3) is 2.33. The second kappa shape index (κ2) is 3.98. The number of carbonyl (C=O) groups excluding carboxylic acids is 2. The van der Waals surface area contributed by atoms with E-state index in [0.29, 0.717) is 5.57 Å². The van der Waals surface area contributed by atoms with Gasteiger partial charge in [-0.1, -0.05) is 28.1 Å². The molecule has 0 atom stereocenters. The van der Waals surface area contributed by atoms with Crippen LogP contribution in [-0.4, -0.2) is 11.9 Å². The summed E-state index contributed by atoms with van der Waals surface area (Å²) in [6, 6.07) is 7.45. The molecule has 0 aliphatic carbocycles. The molecule has 3 nitrogen and oxygen atoms in total. The molecular weight excluding hydrogens is 260 g/mol. The third-order valence-electron chi connectivity index (χ3n) is 2.01. The van der Waals surface area contributed by atoms with Crippen LogP contribution in [0.1, 0.15) is 12.0 Å². The van der Waals surface area contributed by atoms with Crippen molar-refractivity contribution < 1.29 is 14.3 Å². The van der Waals surface area contributed by atoms with Crippen molar-refractivity contribution >= 4 is 33.9 Å². The van der Waals surface area contributed by atoms with Gasteiger partial charge in [0.1, 0.15) is 0 Å². The fourth-order valence-corrected chi connectivity index (χ4v) is 1.57. The molecule has 1 heterocycles. The maximum absolute atomic E-state index is 11.1. The molecule has 0 bridgehead atoms. The summed E-state index contributed by atoms with van der Waals surface area (Å²) in [5.41, 5.74) is 1.28. The van der Waals surface area contributed by atoms with Crippen molar-refractivity contribution in [1.82, 2.24) is 0 Å². The van der Waals surface area contributed by atoms with Gasteiger partial charge in [-0.15, -0.1) is 0 Å². The first-order valence-corrected chi connectivity index (χ1v) is 5.15. The minimum absolute atomic E-state index is 0.0644. The van der Waals surface area contributed by atoms with E-state index in [2.05, 4.69) is 20.7 Å². The summed E-state index contributed by atoms with van der Waals surface area (Å²) >= 11 is 3.31. The Morgan fingerprint density at radius 1 is 1.20 bits per heavy atom. The van der Waals surface area contributed by atoms with E-state index in [4.69, 9.17) is 0 Å². The largest absolute Gasteiger partial charge is 0.389 e. The lowest BCUT2D eigenvalue weighted by atomic mass is 10.1. The van der Waals surface area contributed by atoms with E-state index in [9.17, 15) is 9.59 Å². The van der Waals surface area contributed by atoms with Gasteiger partial charge in [0.15, 0.2) is 0 Å². The van der Waals surface area contributed by atoms with Crippen molar-refractivity contribution in [1.29, 1.82) is 0 Å². The summed E-state index contributed by atoms with van der Waals surface area (Å²) in [5, 5.41) is 0. The lowest BCUT2D eigenvalue weighted by molar-refractivity contribution is -0.151. The summed E-state index contributed by atoms with van der Waals surface area (Å²) in [6.07, 6.45) is 1.73. The number of carbonyl (C=O) groups is 2. The van der Waals surface area contributed by atoms with Crippen molar-refractivity contribution in [2.75, 3.05) is 0 Å². The Labute approximate surface area is 94.9 Å². The van der Waals surface area contributed by atoms with E-state index in [1.165, 1.54) is 0 Å². The van der Waals surface area contributed by atoms with Gasteiger partial charge in [-0.05, 0) is 23.8 Å². The molecule has 2 rings (SSSR count). The zero-order valence-electron chi connectivity index (χ0n) is 7.70. The summed E-state index contributed by atoms with van der Waals surface area (Å²) in [7, 11) is 0.